The highest BCUT2D eigenvalue weighted by molar-refractivity contribution is 6.30. The first-order valence-electron chi connectivity index (χ1n) is 6.56. The van der Waals surface area contributed by atoms with Crippen molar-refractivity contribution in [3.8, 4) is 0 Å². The van der Waals surface area contributed by atoms with E-state index in [9.17, 15) is 4.79 Å². The van der Waals surface area contributed by atoms with Gasteiger partial charge in [-0.25, -0.2) is 0 Å². The molecule has 1 N–H and O–H groups in total. The minimum absolute atomic E-state index is 0.0253. The molecule has 0 saturated heterocycles. The Bertz CT molecular complexity index is 577. The van der Waals surface area contributed by atoms with Crippen LogP contribution in [0, 0.1) is 5.92 Å². The molecule has 0 aliphatic carbocycles. The first kappa shape index (κ1) is 14.6. The summed E-state index contributed by atoms with van der Waals surface area (Å²) in [6.45, 7) is 5.64. The summed E-state index contributed by atoms with van der Waals surface area (Å²) in [4.78, 5) is 12.0. The summed E-state index contributed by atoms with van der Waals surface area (Å²) in [5.74, 6) is -0.207. The van der Waals surface area contributed by atoms with Gasteiger partial charge in [0.15, 0.2) is 0 Å². The predicted molar refractivity (Wildman–Crippen MR) is 76.1 cm³/mol. The number of hydrogen-bond donors (Lipinski definition) is 1. The molecule has 0 aliphatic heterocycles. The molecule has 0 saturated carbocycles. The fourth-order valence-electron chi connectivity index (χ4n) is 1.83. The number of aryl methyl sites for hydroxylation is 1. The van der Waals surface area contributed by atoms with Crippen molar-refractivity contribution < 1.29 is 4.79 Å². The van der Waals surface area contributed by atoms with Crippen molar-refractivity contribution in [2.45, 2.75) is 33.5 Å². The number of amides is 1. The SMILES string of the molecule is CCn1ccc(CNC(=O)C(C)Cn2cc(Cl)cn2)n1. The summed E-state index contributed by atoms with van der Waals surface area (Å²) in [6, 6.07) is 1.90. The van der Waals surface area contributed by atoms with Crippen LogP contribution in [0.3, 0.4) is 0 Å². The van der Waals surface area contributed by atoms with Gasteiger partial charge in [0.05, 0.1) is 35.9 Å². The van der Waals surface area contributed by atoms with Crippen LogP contribution in [0.25, 0.3) is 0 Å². The molecule has 7 heteroatoms. The Hall–Kier alpha value is -1.82. The number of halogens is 1. The van der Waals surface area contributed by atoms with Gasteiger partial charge in [0.25, 0.3) is 0 Å². The summed E-state index contributed by atoms with van der Waals surface area (Å²) in [5, 5.41) is 11.8. The lowest BCUT2D eigenvalue weighted by atomic mass is 10.1. The molecule has 0 bridgehead atoms. The lowest BCUT2D eigenvalue weighted by Crippen LogP contribution is -2.31. The summed E-state index contributed by atoms with van der Waals surface area (Å²) < 4.78 is 3.50. The third kappa shape index (κ3) is 3.84. The van der Waals surface area contributed by atoms with Crippen molar-refractivity contribution in [1.29, 1.82) is 0 Å². The Kier molecular flexibility index (Phi) is 4.79. The second-order valence-corrected chi connectivity index (χ2v) is 5.10. The first-order chi connectivity index (χ1) is 9.58. The number of nitrogens with zero attached hydrogens (tertiary/aromatic N) is 4. The normalized spacial score (nSPS) is 12.3. The van der Waals surface area contributed by atoms with Crippen LogP contribution in [-0.2, 0) is 24.4 Å². The lowest BCUT2D eigenvalue weighted by molar-refractivity contribution is -0.125. The molecule has 108 valence electrons. The Morgan fingerprint density at radius 2 is 2.30 bits per heavy atom. The van der Waals surface area contributed by atoms with Crippen molar-refractivity contribution >= 4 is 17.5 Å². The topological polar surface area (TPSA) is 64.7 Å². The van der Waals surface area contributed by atoms with Crippen LogP contribution in [0.15, 0.2) is 24.7 Å². The van der Waals surface area contributed by atoms with E-state index in [1.165, 1.54) is 0 Å². The maximum Gasteiger partial charge on any atom is 0.225 e. The molecular formula is C13H18ClN5O. The number of rotatable bonds is 6. The van der Waals surface area contributed by atoms with E-state index in [-0.39, 0.29) is 11.8 Å². The summed E-state index contributed by atoms with van der Waals surface area (Å²) in [7, 11) is 0. The number of carbonyl (C=O) groups excluding carboxylic acids is 1. The monoisotopic (exact) mass is 295 g/mol. The van der Waals surface area contributed by atoms with Crippen LogP contribution in [0.2, 0.25) is 5.02 Å². The third-order valence-corrected chi connectivity index (χ3v) is 3.17. The van der Waals surface area contributed by atoms with Gasteiger partial charge in [-0.2, -0.15) is 10.2 Å². The van der Waals surface area contributed by atoms with Crippen molar-refractivity contribution in [1.82, 2.24) is 24.9 Å². The van der Waals surface area contributed by atoms with E-state index >= 15 is 0 Å². The fraction of sp³-hybridized carbons (Fsp3) is 0.462. The maximum absolute atomic E-state index is 12.0. The van der Waals surface area contributed by atoms with Crippen molar-refractivity contribution in [2.75, 3.05) is 0 Å². The molecule has 0 aromatic carbocycles. The molecule has 0 aliphatic rings. The van der Waals surface area contributed by atoms with Gasteiger partial charge >= 0.3 is 0 Å². The highest BCUT2D eigenvalue weighted by atomic mass is 35.5. The second-order valence-electron chi connectivity index (χ2n) is 4.66. The van der Waals surface area contributed by atoms with E-state index < -0.39 is 0 Å². The molecule has 1 atom stereocenters. The van der Waals surface area contributed by atoms with E-state index in [0.717, 1.165) is 12.2 Å². The van der Waals surface area contributed by atoms with Gasteiger partial charge in [-0.05, 0) is 13.0 Å². The van der Waals surface area contributed by atoms with E-state index in [1.807, 2.05) is 30.8 Å². The zero-order valence-corrected chi connectivity index (χ0v) is 12.3. The Morgan fingerprint density at radius 1 is 1.50 bits per heavy atom. The maximum atomic E-state index is 12.0. The minimum Gasteiger partial charge on any atom is -0.350 e. The quantitative estimate of drug-likeness (QED) is 0.882. The molecule has 0 radical (unpaired) electrons. The summed E-state index contributed by atoms with van der Waals surface area (Å²) in [5.41, 5.74) is 0.856. The van der Waals surface area contributed by atoms with Crippen LogP contribution in [0.4, 0.5) is 0 Å². The molecule has 0 fully saturated rings. The minimum atomic E-state index is -0.181. The molecular weight excluding hydrogens is 278 g/mol. The largest absolute Gasteiger partial charge is 0.350 e. The third-order valence-electron chi connectivity index (χ3n) is 2.97. The molecule has 2 heterocycles. The van der Waals surface area contributed by atoms with Crippen LogP contribution in [0.1, 0.15) is 19.5 Å². The summed E-state index contributed by atoms with van der Waals surface area (Å²) >= 11 is 5.79. The number of carbonyl (C=O) groups is 1. The molecule has 2 rings (SSSR count). The van der Waals surface area contributed by atoms with Crippen LogP contribution < -0.4 is 5.32 Å². The zero-order chi connectivity index (χ0) is 14.5. The van der Waals surface area contributed by atoms with Gasteiger partial charge in [0, 0.05) is 18.9 Å². The van der Waals surface area contributed by atoms with Gasteiger partial charge in [-0.1, -0.05) is 18.5 Å². The number of nitrogens with one attached hydrogen (secondary N) is 1. The van der Waals surface area contributed by atoms with Gasteiger partial charge in [0.1, 0.15) is 0 Å². The smallest absolute Gasteiger partial charge is 0.225 e. The first-order valence-corrected chi connectivity index (χ1v) is 6.94. The second kappa shape index (κ2) is 6.56. The summed E-state index contributed by atoms with van der Waals surface area (Å²) in [6.07, 6.45) is 5.16. The average molecular weight is 296 g/mol. The number of aromatic nitrogens is 4. The molecule has 1 amide bonds. The predicted octanol–water partition coefficient (Wildman–Crippen LogP) is 1.71. The number of hydrogen-bond acceptors (Lipinski definition) is 3. The van der Waals surface area contributed by atoms with Gasteiger partial charge in [-0.15, -0.1) is 0 Å². The molecule has 2 aromatic heterocycles. The van der Waals surface area contributed by atoms with Crippen LogP contribution >= 0.6 is 11.6 Å². The van der Waals surface area contributed by atoms with Gasteiger partial charge in [0.2, 0.25) is 5.91 Å². The standard InChI is InChI=1S/C13H18ClN5O/c1-3-18-5-4-12(17-18)7-15-13(20)10(2)8-19-9-11(14)6-16-19/h4-6,9-10H,3,7-8H2,1-2H3,(H,15,20). The highest BCUT2D eigenvalue weighted by Gasteiger charge is 2.14. The Labute approximate surface area is 122 Å². The van der Waals surface area contributed by atoms with Crippen molar-refractivity contribution in [3.63, 3.8) is 0 Å². The van der Waals surface area contributed by atoms with Crippen molar-refractivity contribution in [3.05, 3.63) is 35.4 Å². The van der Waals surface area contributed by atoms with E-state index in [1.54, 1.807) is 17.1 Å². The van der Waals surface area contributed by atoms with E-state index in [0.29, 0.717) is 18.1 Å². The molecule has 1 unspecified atom stereocenters. The molecule has 2 aromatic rings. The lowest BCUT2D eigenvalue weighted by Gasteiger charge is -2.11. The Morgan fingerprint density at radius 3 is 2.90 bits per heavy atom. The van der Waals surface area contributed by atoms with E-state index in [4.69, 9.17) is 11.6 Å². The molecule has 6 nitrogen and oxygen atoms in total. The van der Waals surface area contributed by atoms with Gasteiger partial charge in [-0.3, -0.25) is 14.2 Å². The highest BCUT2D eigenvalue weighted by Crippen LogP contribution is 2.07. The molecule has 20 heavy (non-hydrogen) atoms. The zero-order valence-electron chi connectivity index (χ0n) is 11.6. The van der Waals surface area contributed by atoms with Crippen LogP contribution in [0.5, 0.6) is 0 Å². The Balaban J connectivity index is 1.81. The average Bonchev–Trinajstić information content (AvgIpc) is 3.04. The fourth-order valence-corrected chi connectivity index (χ4v) is 1.98. The van der Waals surface area contributed by atoms with Gasteiger partial charge < -0.3 is 5.32 Å². The van der Waals surface area contributed by atoms with Crippen LogP contribution in [-0.4, -0.2) is 25.5 Å². The van der Waals surface area contributed by atoms with E-state index in [2.05, 4.69) is 15.5 Å². The molecule has 0 spiro atoms. The van der Waals surface area contributed by atoms with Crippen molar-refractivity contribution in [2.24, 2.45) is 5.92 Å².